The maximum atomic E-state index is 13.8. The second kappa shape index (κ2) is 7.88. The highest BCUT2D eigenvalue weighted by Crippen LogP contribution is 2.20. The molecule has 0 bridgehead atoms. The van der Waals surface area contributed by atoms with Crippen LogP contribution in [0.15, 0.2) is 18.2 Å². The van der Waals surface area contributed by atoms with Crippen LogP contribution in [0.4, 0.5) is 10.1 Å². The maximum Gasteiger partial charge on any atom is 0.253 e. The van der Waals surface area contributed by atoms with Gasteiger partial charge in [-0.25, -0.2) is 4.39 Å². The predicted octanol–water partition coefficient (Wildman–Crippen LogP) is 3.81. The number of hydrogen-bond acceptors (Lipinski definition) is 2. The van der Waals surface area contributed by atoms with E-state index >= 15 is 0 Å². The van der Waals surface area contributed by atoms with Gasteiger partial charge in [0.05, 0.1) is 11.3 Å². The monoisotopic (exact) mass is 280 g/mol. The predicted molar refractivity (Wildman–Crippen MR) is 81.6 cm³/mol. The number of benzene rings is 1. The fraction of sp³-hybridized carbons (Fsp3) is 0.562. The zero-order valence-electron chi connectivity index (χ0n) is 12.8. The normalized spacial score (nSPS) is 13.7. The van der Waals surface area contributed by atoms with Gasteiger partial charge in [0, 0.05) is 12.6 Å². The molecule has 0 aliphatic rings. The molecule has 0 heterocycles. The molecule has 20 heavy (non-hydrogen) atoms. The number of carbonyl (C=O) groups excluding carboxylic acids is 1. The molecule has 1 aromatic carbocycles. The molecule has 4 heteroatoms. The number of hydrogen-bond donors (Lipinski definition) is 2. The maximum absolute atomic E-state index is 13.8. The summed E-state index contributed by atoms with van der Waals surface area (Å²) in [4.78, 5) is 12.3. The third kappa shape index (κ3) is 4.51. The minimum Gasteiger partial charge on any atom is -0.382 e. The molecule has 0 aliphatic heterocycles. The third-order valence-corrected chi connectivity index (χ3v) is 3.44. The molecule has 0 radical (unpaired) electrons. The Morgan fingerprint density at radius 2 is 2.00 bits per heavy atom. The van der Waals surface area contributed by atoms with Crippen molar-refractivity contribution in [2.24, 2.45) is 5.92 Å². The van der Waals surface area contributed by atoms with Gasteiger partial charge in [0.1, 0.15) is 5.82 Å². The molecule has 1 rings (SSSR count). The molecule has 112 valence electrons. The van der Waals surface area contributed by atoms with Crippen LogP contribution < -0.4 is 10.6 Å². The average Bonchev–Trinajstić information content (AvgIpc) is 2.40. The van der Waals surface area contributed by atoms with Gasteiger partial charge in [-0.05, 0) is 38.3 Å². The topological polar surface area (TPSA) is 41.1 Å². The van der Waals surface area contributed by atoms with Crippen LogP contribution in [0, 0.1) is 11.7 Å². The molecule has 0 aromatic heterocycles. The summed E-state index contributed by atoms with van der Waals surface area (Å²) in [5.41, 5.74) is 0.645. The highest BCUT2D eigenvalue weighted by Gasteiger charge is 2.17. The molecule has 2 unspecified atom stereocenters. The average molecular weight is 280 g/mol. The SMILES string of the molecule is CCNc1c(F)cccc1C(=O)NC(C)CC(C)CC. The lowest BCUT2D eigenvalue weighted by Gasteiger charge is -2.19. The fourth-order valence-electron chi connectivity index (χ4n) is 2.20. The molecule has 3 nitrogen and oxygen atoms in total. The summed E-state index contributed by atoms with van der Waals surface area (Å²) in [6.07, 6.45) is 2.01. The molecule has 2 atom stereocenters. The number of rotatable bonds is 7. The number of carbonyl (C=O) groups is 1. The van der Waals surface area contributed by atoms with Crippen LogP contribution in [0.25, 0.3) is 0 Å². The fourth-order valence-corrected chi connectivity index (χ4v) is 2.20. The Kier molecular flexibility index (Phi) is 6.49. The van der Waals surface area contributed by atoms with Gasteiger partial charge in [0.2, 0.25) is 0 Å². The van der Waals surface area contributed by atoms with E-state index in [2.05, 4.69) is 24.5 Å². The van der Waals surface area contributed by atoms with Gasteiger partial charge in [0.15, 0.2) is 0 Å². The molecule has 0 fully saturated rings. The highest BCUT2D eigenvalue weighted by molar-refractivity contribution is 5.99. The lowest BCUT2D eigenvalue weighted by atomic mass is 10.00. The van der Waals surface area contributed by atoms with Gasteiger partial charge in [-0.15, -0.1) is 0 Å². The van der Waals surface area contributed by atoms with Crippen molar-refractivity contribution in [2.75, 3.05) is 11.9 Å². The first-order valence-electron chi connectivity index (χ1n) is 7.32. The minimum atomic E-state index is -0.394. The summed E-state index contributed by atoms with van der Waals surface area (Å²) in [5.74, 6) is -0.0589. The Bertz CT molecular complexity index is 448. The van der Waals surface area contributed by atoms with Crippen LogP contribution in [0.3, 0.4) is 0 Å². The van der Waals surface area contributed by atoms with E-state index in [1.165, 1.54) is 6.07 Å². The van der Waals surface area contributed by atoms with Gasteiger partial charge in [0.25, 0.3) is 5.91 Å². The molecule has 2 N–H and O–H groups in total. The molecule has 1 amide bonds. The van der Waals surface area contributed by atoms with Crippen molar-refractivity contribution in [1.82, 2.24) is 5.32 Å². The Morgan fingerprint density at radius 3 is 2.60 bits per heavy atom. The van der Waals surface area contributed by atoms with E-state index in [4.69, 9.17) is 0 Å². The summed E-state index contributed by atoms with van der Waals surface area (Å²) in [7, 11) is 0. The van der Waals surface area contributed by atoms with Crippen molar-refractivity contribution in [1.29, 1.82) is 0 Å². The van der Waals surface area contributed by atoms with Gasteiger partial charge < -0.3 is 10.6 Å². The van der Waals surface area contributed by atoms with E-state index in [0.29, 0.717) is 18.0 Å². The Hall–Kier alpha value is -1.58. The van der Waals surface area contributed by atoms with E-state index in [1.54, 1.807) is 12.1 Å². The quantitative estimate of drug-likeness (QED) is 0.797. The Labute approximate surface area is 121 Å². The van der Waals surface area contributed by atoms with Crippen molar-refractivity contribution in [3.05, 3.63) is 29.6 Å². The van der Waals surface area contributed by atoms with Gasteiger partial charge >= 0.3 is 0 Å². The van der Waals surface area contributed by atoms with Crippen molar-refractivity contribution >= 4 is 11.6 Å². The van der Waals surface area contributed by atoms with Crippen LogP contribution in [0.2, 0.25) is 0 Å². The van der Waals surface area contributed by atoms with Crippen LogP contribution >= 0.6 is 0 Å². The highest BCUT2D eigenvalue weighted by atomic mass is 19.1. The van der Waals surface area contributed by atoms with Crippen molar-refractivity contribution in [3.63, 3.8) is 0 Å². The minimum absolute atomic E-state index is 0.0789. The Morgan fingerprint density at radius 1 is 1.30 bits per heavy atom. The van der Waals surface area contributed by atoms with Crippen LogP contribution in [-0.4, -0.2) is 18.5 Å². The molecule has 0 spiro atoms. The summed E-state index contributed by atoms with van der Waals surface area (Å²) < 4.78 is 13.8. The first kappa shape index (κ1) is 16.5. The van der Waals surface area contributed by atoms with Gasteiger partial charge in [-0.1, -0.05) is 26.3 Å². The summed E-state index contributed by atoms with van der Waals surface area (Å²) >= 11 is 0. The zero-order chi connectivity index (χ0) is 15.1. The van der Waals surface area contributed by atoms with Crippen LogP contribution in [0.5, 0.6) is 0 Å². The molecule has 0 saturated carbocycles. The summed E-state index contributed by atoms with van der Waals surface area (Å²) in [6, 6.07) is 4.64. The van der Waals surface area contributed by atoms with Crippen molar-refractivity contribution in [3.8, 4) is 0 Å². The third-order valence-electron chi connectivity index (χ3n) is 3.44. The Balaban J connectivity index is 2.79. The number of halogens is 1. The van der Waals surface area contributed by atoms with Crippen LogP contribution in [0.1, 0.15) is 50.9 Å². The number of para-hydroxylation sites is 1. The first-order chi connectivity index (χ1) is 9.49. The summed E-state index contributed by atoms with van der Waals surface area (Å²) in [5, 5.41) is 5.86. The van der Waals surface area contributed by atoms with Gasteiger partial charge in [-0.3, -0.25) is 4.79 Å². The summed E-state index contributed by atoms with van der Waals surface area (Å²) in [6.45, 7) is 8.73. The molecule has 1 aromatic rings. The van der Waals surface area contributed by atoms with Crippen molar-refractivity contribution in [2.45, 2.75) is 46.6 Å². The number of amides is 1. The largest absolute Gasteiger partial charge is 0.382 e. The second-order valence-corrected chi connectivity index (χ2v) is 5.32. The van der Waals surface area contributed by atoms with E-state index in [9.17, 15) is 9.18 Å². The second-order valence-electron chi connectivity index (χ2n) is 5.32. The standard InChI is InChI=1S/C16H25FN2O/c1-5-11(3)10-12(4)19-16(20)13-8-7-9-14(17)15(13)18-6-2/h7-9,11-12,18H,5-6,10H2,1-4H3,(H,19,20). The van der Waals surface area contributed by atoms with Crippen molar-refractivity contribution < 1.29 is 9.18 Å². The van der Waals surface area contributed by atoms with Gasteiger partial charge in [-0.2, -0.15) is 0 Å². The molecule has 0 aliphatic carbocycles. The number of anilines is 1. The molecule has 0 saturated heterocycles. The molecular formula is C16H25FN2O. The van der Waals surface area contributed by atoms with E-state index in [0.717, 1.165) is 12.8 Å². The first-order valence-corrected chi connectivity index (χ1v) is 7.32. The smallest absolute Gasteiger partial charge is 0.253 e. The van der Waals surface area contributed by atoms with E-state index in [-0.39, 0.29) is 17.6 Å². The molecular weight excluding hydrogens is 255 g/mol. The zero-order valence-corrected chi connectivity index (χ0v) is 12.8. The van der Waals surface area contributed by atoms with E-state index in [1.807, 2.05) is 13.8 Å². The lowest BCUT2D eigenvalue weighted by molar-refractivity contribution is 0.0936. The van der Waals surface area contributed by atoms with Crippen LogP contribution in [-0.2, 0) is 0 Å². The number of nitrogens with one attached hydrogen (secondary N) is 2. The van der Waals surface area contributed by atoms with E-state index < -0.39 is 5.82 Å². The lowest BCUT2D eigenvalue weighted by Crippen LogP contribution is -2.34.